The summed E-state index contributed by atoms with van der Waals surface area (Å²) in [5, 5.41) is 9.43. The minimum absolute atomic E-state index is 0.0496. The van der Waals surface area contributed by atoms with Crippen LogP contribution in [0.15, 0.2) is 162 Å². The van der Waals surface area contributed by atoms with Crippen LogP contribution < -0.4 is 0 Å². The van der Waals surface area contributed by atoms with Gasteiger partial charge in [0, 0.05) is 21.9 Å². The molecular weight excluding hydrogens is 647 g/mol. The summed E-state index contributed by atoms with van der Waals surface area (Å²) in [6, 6.07) is 55.4. The monoisotopic (exact) mass is 681 g/mol. The SMILES string of the molecule is CC(C)(C)c1ccc2c3ccc(-c4nc(-c5ccccc5-c5ccccc5)nc(-c5cccc6c5oc5ccccc56)n4)cc3c3ccccc3c2c1. The number of hydrogen-bond acceptors (Lipinski definition) is 4. The van der Waals surface area contributed by atoms with Gasteiger partial charge >= 0.3 is 0 Å². The van der Waals surface area contributed by atoms with Crippen molar-refractivity contribution in [1.82, 2.24) is 15.0 Å². The summed E-state index contributed by atoms with van der Waals surface area (Å²) >= 11 is 0. The lowest BCUT2D eigenvalue weighted by molar-refractivity contribution is 0.591. The molecule has 0 N–H and O–H groups in total. The zero-order valence-corrected chi connectivity index (χ0v) is 29.8. The summed E-state index contributed by atoms with van der Waals surface area (Å²) < 4.78 is 6.50. The van der Waals surface area contributed by atoms with E-state index in [0.717, 1.165) is 49.8 Å². The summed E-state index contributed by atoms with van der Waals surface area (Å²) in [7, 11) is 0. The van der Waals surface area contributed by atoms with Gasteiger partial charge in [-0.2, -0.15) is 0 Å². The topological polar surface area (TPSA) is 51.8 Å². The predicted octanol–water partition coefficient (Wildman–Crippen LogP) is 13.2. The first-order valence-corrected chi connectivity index (χ1v) is 18.1. The third-order valence-corrected chi connectivity index (χ3v) is 10.5. The molecule has 252 valence electrons. The molecule has 4 heteroatoms. The van der Waals surface area contributed by atoms with Crippen molar-refractivity contribution in [3.63, 3.8) is 0 Å². The first kappa shape index (κ1) is 31.1. The molecular formula is C49H35N3O. The van der Waals surface area contributed by atoms with E-state index in [9.17, 15) is 0 Å². The molecule has 0 aliphatic carbocycles. The fraction of sp³-hybridized carbons (Fsp3) is 0.0816. The molecule has 0 saturated carbocycles. The van der Waals surface area contributed by atoms with Crippen molar-refractivity contribution in [3.05, 3.63) is 163 Å². The molecule has 2 heterocycles. The van der Waals surface area contributed by atoms with E-state index in [4.69, 9.17) is 19.4 Å². The Bertz CT molecular complexity index is 3020. The zero-order chi connectivity index (χ0) is 35.7. The molecule has 10 rings (SSSR count). The lowest BCUT2D eigenvalue weighted by Gasteiger charge is -2.21. The average molecular weight is 682 g/mol. The lowest BCUT2D eigenvalue weighted by atomic mass is 9.84. The predicted molar refractivity (Wildman–Crippen MR) is 220 cm³/mol. The van der Waals surface area contributed by atoms with Crippen molar-refractivity contribution in [2.75, 3.05) is 0 Å². The molecule has 0 atom stereocenters. The summed E-state index contributed by atoms with van der Waals surface area (Å²) in [6.07, 6.45) is 0. The first-order chi connectivity index (χ1) is 25.9. The Morgan fingerprint density at radius 2 is 0.925 bits per heavy atom. The van der Waals surface area contributed by atoms with Crippen molar-refractivity contribution in [2.24, 2.45) is 0 Å². The summed E-state index contributed by atoms with van der Waals surface area (Å²) in [6.45, 7) is 6.81. The van der Waals surface area contributed by atoms with Crippen LogP contribution in [0, 0.1) is 0 Å². The molecule has 2 aromatic heterocycles. The Morgan fingerprint density at radius 1 is 0.377 bits per heavy atom. The van der Waals surface area contributed by atoms with E-state index >= 15 is 0 Å². The highest BCUT2D eigenvalue weighted by molar-refractivity contribution is 6.26. The highest BCUT2D eigenvalue weighted by Gasteiger charge is 2.21. The number of hydrogen-bond donors (Lipinski definition) is 0. The molecule has 0 spiro atoms. The van der Waals surface area contributed by atoms with Crippen molar-refractivity contribution in [3.8, 4) is 45.3 Å². The molecule has 10 aromatic rings. The minimum atomic E-state index is 0.0496. The molecule has 0 saturated heterocycles. The average Bonchev–Trinajstić information content (AvgIpc) is 3.59. The Morgan fingerprint density at radius 3 is 1.68 bits per heavy atom. The van der Waals surface area contributed by atoms with Crippen LogP contribution in [0.4, 0.5) is 0 Å². The van der Waals surface area contributed by atoms with E-state index in [1.165, 1.54) is 37.9 Å². The zero-order valence-electron chi connectivity index (χ0n) is 29.8. The van der Waals surface area contributed by atoms with E-state index < -0.39 is 0 Å². The molecule has 0 unspecified atom stereocenters. The quantitative estimate of drug-likeness (QED) is 0.174. The molecule has 8 aromatic carbocycles. The third kappa shape index (κ3) is 5.17. The summed E-state index contributed by atoms with van der Waals surface area (Å²) in [4.78, 5) is 15.7. The van der Waals surface area contributed by atoms with Gasteiger partial charge in [0.15, 0.2) is 17.5 Å². The van der Waals surface area contributed by atoms with Gasteiger partial charge in [-0.15, -0.1) is 0 Å². The van der Waals surface area contributed by atoms with Crippen LogP contribution in [0.5, 0.6) is 0 Å². The molecule has 0 bridgehead atoms. The van der Waals surface area contributed by atoms with Crippen molar-refractivity contribution in [2.45, 2.75) is 26.2 Å². The van der Waals surface area contributed by atoms with E-state index in [0.29, 0.717) is 17.5 Å². The number of benzene rings is 8. The fourth-order valence-electron chi connectivity index (χ4n) is 7.78. The molecule has 0 amide bonds. The van der Waals surface area contributed by atoms with Gasteiger partial charge < -0.3 is 4.42 Å². The molecule has 0 aliphatic rings. The Labute approximate surface area is 307 Å². The van der Waals surface area contributed by atoms with E-state index in [1.807, 2.05) is 36.4 Å². The van der Waals surface area contributed by atoms with Crippen LogP contribution >= 0.6 is 0 Å². The standard InChI is InChI=1S/C49H35N3O/c1-49(2,3)32-25-27-37-36-26-24-31(28-42(36)34-17-8-9-18-35(34)43(37)29-32)46-50-47(40-20-10-7-16-33(40)30-14-5-4-6-15-30)52-48(51-46)41-22-13-21-39-38-19-11-12-23-44(38)53-45(39)41/h4-29H,1-3H3. The Balaban J connectivity index is 1.24. The molecule has 4 nitrogen and oxygen atoms in total. The maximum Gasteiger partial charge on any atom is 0.167 e. The number of furan rings is 1. The van der Waals surface area contributed by atoms with Gasteiger partial charge in [0.05, 0.1) is 5.56 Å². The maximum absolute atomic E-state index is 6.50. The van der Waals surface area contributed by atoms with Crippen LogP contribution in [-0.2, 0) is 5.41 Å². The van der Waals surface area contributed by atoms with Gasteiger partial charge in [-0.1, -0.05) is 154 Å². The highest BCUT2D eigenvalue weighted by Crippen LogP contribution is 2.40. The Kier molecular flexibility index (Phi) is 7.02. The number of rotatable bonds is 4. The fourth-order valence-corrected chi connectivity index (χ4v) is 7.78. The second-order valence-corrected chi connectivity index (χ2v) is 14.8. The number of aromatic nitrogens is 3. The molecule has 0 aliphatic heterocycles. The van der Waals surface area contributed by atoms with Gasteiger partial charge in [0.25, 0.3) is 0 Å². The normalized spacial score (nSPS) is 12.1. The van der Waals surface area contributed by atoms with E-state index in [1.54, 1.807) is 0 Å². The van der Waals surface area contributed by atoms with Crippen LogP contribution in [0.2, 0.25) is 0 Å². The van der Waals surface area contributed by atoms with E-state index in [2.05, 4.69) is 142 Å². The second kappa shape index (κ2) is 12.0. The van der Waals surface area contributed by atoms with Crippen LogP contribution in [0.3, 0.4) is 0 Å². The summed E-state index contributed by atoms with van der Waals surface area (Å²) in [5.74, 6) is 1.78. The van der Waals surface area contributed by atoms with Gasteiger partial charge in [0.1, 0.15) is 11.2 Å². The van der Waals surface area contributed by atoms with Gasteiger partial charge in [0.2, 0.25) is 0 Å². The largest absolute Gasteiger partial charge is 0.455 e. The molecule has 0 fully saturated rings. The Hall–Kier alpha value is -6.65. The molecule has 0 radical (unpaired) electrons. The van der Waals surface area contributed by atoms with Crippen molar-refractivity contribution < 1.29 is 4.42 Å². The number of nitrogens with zero attached hydrogens (tertiary/aromatic N) is 3. The summed E-state index contributed by atoms with van der Waals surface area (Å²) in [5.41, 5.74) is 7.82. The molecule has 53 heavy (non-hydrogen) atoms. The van der Waals surface area contributed by atoms with Crippen LogP contribution in [-0.4, -0.2) is 15.0 Å². The number of fused-ring (bicyclic) bond motifs is 9. The van der Waals surface area contributed by atoms with Crippen LogP contribution in [0.25, 0.3) is 99.5 Å². The highest BCUT2D eigenvalue weighted by atomic mass is 16.3. The lowest BCUT2D eigenvalue weighted by Crippen LogP contribution is -2.10. The number of para-hydroxylation sites is 2. The van der Waals surface area contributed by atoms with Crippen LogP contribution in [0.1, 0.15) is 26.3 Å². The van der Waals surface area contributed by atoms with Crippen molar-refractivity contribution in [1.29, 1.82) is 0 Å². The maximum atomic E-state index is 6.50. The van der Waals surface area contributed by atoms with E-state index in [-0.39, 0.29) is 5.41 Å². The minimum Gasteiger partial charge on any atom is -0.455 e. The second-order valence-electron chi connectivity index (χ2n) is 14.8. The smallest absolute Gasteiger partial charge is 0.167 e. The third-order valence-electron chi connectivity index (χ3n) is 10.5. The van der Waals surface area contributed by atoms with Gasteiger partial charge in [-0.25, -0.2) is 15.0 Å². The van der Waals surface area contributed by atoms with Gasteiger partial charge in [-0.05, 0) is 78.7 Å². The van der Waals surface area contributed by atoms with Gasteiger partial charge in [-0.3, -0.25) is 0 Å². The first-order valence-electron chi connectivity index (χ1n) is 18.1. The van der Waals surface area contributed by atoms with Crippen molar-refractivity contribution >= 4 is 54.3 Å².